The predicted octanol–water partition coefficient (Wildman–Crippen LogP) is 5.79. The van der Waals surface area contributed by atoms with Crippen LogP contribution in [0.2, 0.25) is 0 Å². The zero-order valence-electron chi connectivity index (χ0n) is 22.1. The first-order valence-electron chi connectivity index (χ1n) is 12.3. The van der Waals surface area contributed by atoms with Crippen LogP contribution in [0.1, 0.15) is 55.0 Å². The van der Waals surface area contributed by atoms with Crippen LogP contribution in [0, 0.1) is 6.92 Å². The molecule has 0 radical (unpaired) electrons. The fourth-order valence-corrected chi connectivity index (χ4v) is 6.32. The summed E-state index contributed by atoms with van der Waals surface area (Å²) in [6, 6.07) is 19.1. The lowest BCUT2D eigenvalue weighted by Gasteiger charge is -2.35. The van der Waals surface area contributed by atoms with E-state index in [4.69, 9.17) is 4.98 Å². The number of carboxylic acid groups (broad SMARTS) is 1. The molecule has 1 heterocycles. The fraction of sp³-hybridized carbons (Fsp3) is 0.276. The van der Waals surface area contributed by atoms with E-state index in [-0.39, 0.29) is 17.1 Å². The van der Waals surface area contributed by atoms with Gasteiger partial charge in [-0.2, -0.15) is 4.31 Å². The summed E-state index contributed by atoms with van der Waals surface area (Å²) in [4.78, 5) is 28.7. The smallest absolute Gasteiger partial charge is 0.421 e. The number of ketones is 1. The van der Waals surface area contributed by atoms with Gasteiger partial charge < -0.3 is 5.11 Å². The van der Waals surface area contributed by atoms with E-state index in [1.807, 2.05) is 48.7 Å². The zero-order chi connectivity index (χ0) is 27.8. The molecule has 0 saturated heterocycles. The van der Waals surface area contributed by atoms with Gasteiger partial charge in [0.25, 0.3) is 10.0 Å². The minimum Gasteiger partial charge on any atom is -0.464 e. The number of rotatable bonds is 8. The average molecular weight is 534 g/mol. The zero-order valence-corrected chi connectivity index (χ0v) is 22.9. The summed E-state index contributed by atoms with van der Waals surface area (Å²) in [7, 11) is -4.28. The van der Waals surface area contributed by atoms with Crippen LogP contribution >= 0.6 is 0 Å². The van der Waals surface area contributed by atoms with Crippen molar-refractivity contribution in [3.8, 4) is 5.69 Å². The molecule has 8 nitrogen and oxygen atoms in total. The maximum atomic E-state index is 13.3. The van der Waals surface area contributed by atoms with E-state index < -0.39 is 21.7 Å². The Labute approximate surface area is 222 Å². The second-order valence-corrected chi connectivity index (χ2v) is 11.8. The number of benzene rings is 3. The minimum absolute atomic E-state index is 0.0220. The molecule has 0 aliphatic rings. The quantitative estimate of drug-likeness (QED) is 0.287. The van der Waals surface area contributed by atoms with Crippen molar-refractivity contribution < 1.29 is 23.1 Å². The molecular formula is C29H31N3O5S. The summed E-state index contributed by atoms with van der Waals surface area (Å²) in [6.45, 7) is 8.57. The molecule has 0 bridgehead atoms. The second kappa shape index (κ2) is 10.1. The third-order valence-electron chi connectivity index (χ3n) is 6.56. The van der Waals surface area contributed by atoms with Crippen LogP contribution < -0.4 is 0 Å². The number of hydrogen-bond acceptors (Lipinski definition) is 5. The normalized spacial score (nSPS) is 12.0. The van der Waals surface area contributed by atoms with Crippen LogP contribution in [0.25, 0.3) is 16.7 Å². The number of aromatic nitrogens is 2. The monoisotopic (exact) mass is 533 g/mol. The largest absolute Gasteiger partial charge is 0.464 e. The van der Waals surface area contributed by atoms with Crippen molar-refractivity contribution in [2.75, 3.05) is 0 Å². The van der Waals surface area contributed by atoms with Crippen LogP contribution in [0.15, 0.2) is 71.6 Å². The molecule has 0 atom stereocenters. The minimum atomic E-state index is -4.28. The van der Waals surface area contributed by atoms with Crippen LogP contribution in [-0.2, 0) is 22.9 Å². The van der Waals surface area contributed by atoms with Gasteiger partial charge in [-0.05, 0) is 82.1 Å². The van der Waals surface area contributed by atoms with Crippen molar-refractivity contribution in [1.82, 2.24) is 13.9 Å². The molecule has 9 heteroatoms. The van der Waals surface area contributed by atoms with Gasteiger partial charge in [-0.25, -0.2) is 18.2 Å². The van der Waals surface area contributed by atoms with E-state index in [1.54, 1.807) is 38.1 Å². The molecule has 38 heavy (non-hydrogen) atoms. The Balaban J connectivity index is 1.66. The highest BCUT2D eigenvalue weighted by Crippen LogP contribution is 2.30. The number of nitrogens with zero attached hydrogens (tertiary/aromatic N) is 3. The molecule has 198 valence electrons. The number of fused-ring (bicyclic) bond motifs is 1. The van der Waals surface area contributed by atoms with Gasteiger partial charge in [-0.1, -0.05) is 36.8 Å². The molecule has 0 fully saturated rings. The summed E-state index contributed by atoms with van der Waals surface area (Å²) in [6.07, 6.45) is -0.670. The first-order valence-corrected chi connectivity index (χ1v) is 13.8. The first kappa shape index (κ1) is 27.1. The van der Waals surface area contributed by atoms with Gasteiger partial charge in [0.05, 0.1) is 21.5 Å². The van der Waals surface area contributed by atoms with Crippen molar-refractivity contribution in [2.24, 2.45) is 0 Å². The number of aryl methyl sites for hydroxylation is 2. The van der Waals surface area contributed by atoms with E-state index in [0.29, 0.717) is 16.3 Å². The number of sulfonamides is 1. The molecule has 1 amide bonds. The Morgan fingerprint density at radius 1 is 1.00 bits per heavy atom. The van der Waals surface area contributed by atoms with Crippen molar-refractivity contribution in [2.45, 2.75) is 57.9 Å². The van der Waals surface area contributed by atoms with Crippen LogP contribution in [-0.4, -0.2) is 44.8 Å². The third-order valence-corrected chi connectivity index (χ3v) is 8.56. The average Bonchev–Trinajstić information content (AvgIpc) is 3.21. The van der Waals surface area contributed by atoms with Gasteiger partial charge in [-0.3, -0.25) is 9.36 Å². The lowest BCUT2D eigenvalue weighted by atomic mass is 9.95. The van der Waals surface area contributed by atoms with Gasteiger partial charge in [0.2, 0.25) is 0 Å². The number of imidazole rings is 1. The van der Waals surface area contributed by atoms with Crippen molar-refractivity contribution in [3.05, 3.63) is 89.2 Å². The fourth-order valence-electron chi connectivity index (χ4n) is 4.71. The maximum absolute atomic E-state index is 13.3. The number of carbonyl (C=O) groups is 2. The van der Waals surface area contributed by atoms with Gasteiger partial charge in [-0.15, -0.1) is 0 Å². The van der Waals surface area contributed by atoms with Gasteiger partial charge in [0, 0.05) is 17.7 Å². The van der Waals surface area contributed by atoms with Crippen LogP contribution in [0.3, 0.4) is 0 Å². The van der Waals surface area contributed by atoms with Gasteiger partial charge >= 0.3 is 6.09 Å². The van der Waals surface area contributed by atoms with E-state index in [0.717, 1.165) is 33.7 Å². The molecule has 0 saturated carbocycles. The number of carbonyl (C=O) groups excluding carboxylic acids is 1. The molecule has 0 aliphatic carbocycles. The number of Topliss-reactive ketones (excluding diaryl/α,β-unsaturated/α-hetero) is 1. The van der Waals surface area contributed by atoms with E-state index in [1.165, 1.54) is 19.1 Å². The topological polar surface area (TPSA) is 110 Å². The maximum Gasteiger partial charge on any atom is 0.421 e. The summed E-state index contributed by atoms with van der Waals surface area (Å²) >= 11 is 0. The SMILES string of the molecule is CCc1nc2cc(C(C)=O)ccc2n1-c1ccc(CC(C)(C)N(C(=O)O)S(=O)(=O)c2ccc(C)cc2)cc1. The highest BCUT2D eigenvalue weighted by molar-refractivity contribution is 7.89. The molecule has 4 rings (SSSR count). The number of amides is 1. The molecule has 3 aromatic carbocycles. The summed E-state index contributed by atoms with van der Waals surface area (Å²) < 4.78 is 29.2. The van der Waals surface area contributed by atoms with Gasteiger partial charge in [0.15, 0.2) is 5.78 Å². The predicted molar refractivity (Wildman–Crippen MR) is 146 cm³/mol. The second-order valence-electron chi connectivity index (χ2n) is 10.00. The highest BCUT2D eigenvalue weighted by atomic mass is 32.2. The Kier molecular flexibility index (Phi) is 7.16. The Bertz CT molecular complexity index is 1620. The standard InChI is InChI=1S/C29H31N3O5S/c1-6-27-30-25-17-22(20(3)33)11-16-26(25)31(27)23-12-9-21(10-13-23)18-29(4,5)32(28(34)35)38(36,37)24-14-7-19(2)8-15-24/h7-17H,6,18H2,1-5H3,(H,34,35). The Morgan fingerprint density at radius 2 is 1.63 bits per heavy atom. The molecule has 0 aliphatic heterocycles. The summed E-state index contributed by atoms with van der Waals surface area (Å²) in [5.74, 6) is 0.821. The summed E-state index contributed by atoms with van der Waals surface area (Å²) in [5.41, 5.74) is 3.48. The van der Waals surface area contributed by atoms with Crippen molar-refractivity contribution >= 4 is 32.9 Å². The molecule has 0 spiro atoms. The van der Waals surface area contributed by atoms with Crippen molar-refractivity contribution in [3.63, 3.8) is 0 Å². The highest BCUT2D eigenvalue weighted by Gasteiger charge is 2.41. The Morgan fingerprint density at radius 3 is 2.18 bits per heavy atom. The molecule has 0 unspecified atom stereocenters. The van der Waals surface area contributed by atoms with Crippen LogP contribution in [0.4, 0.5) is 4.79 Å². The van der Waals surface area contributed by atoms with Crippen LogP contribution in [0.5, 0.6) is 0 Å². The lowest BCUT2D eigenvalue weighted by molar-refractivity contribution is 0.101. The summed E-state index contributed by atoms with van der Waals surface area (Å²) in [5, 5.41) is 9.93. The molecule has 1 aromatic heterocycles. The molecule has 4 aromatic rings. The van der Waals surface area contributed by atoms with E-state index >= 15 is 0 Å². The third kappa shape index (κ3) is 5.06. The Hall–Kier alpha value is -3.98. The number of hydrogen-bond donors (Lipinski definition) is 1. The first-order chi connectivity index (χ1) is 17.8. The molecular weight excluding hydrogens is 502 g/mol. The van der Waals surface area contributed by atoms with Gasteiger partial charge in [0.1, 0.15) is 5.82 Å². The molecule has 1 N–H and O–H groups in total. The van der Waals surface area contributed by atoms with E-state index in [9.17, 15) is 23.1 Å². The van der Waals surface area contributed by atoms with E-state index in [2.05, 4.69) is 0 Å². The lowest BCUT2D eigenvalue weighted by Crippen LogP contribution is -2.51. The van der Waals surface area contributed by atoms with Crippen molar-refractivity contribution in [1.29, 1.82) is 0 Å².